The fourth-order valence-electron chi connectivity index (χ4n) is 2.11. The first-order valence-electron chi connectivity index (χ1n) is 6.05. The molecule has 0 bridgehead atoms. The number of thiophene rings is 1. The van der Waals surface area contributed by atoms with Crippen LogP contribution in [0, 0.1) is 0 Å². The van der Waals surface area contributed by atoms with Gasteiger partial charge in [-0.3, -0.25) is 4.79 Å². The van der Waals surface area contributed by atoms with Gasteiger partial charge in [0.05, 0.1) is 12.1 Å². The van der Waals surface area contributed by atoms with Gasteiger partial charge in [0.15, 0.2) is 5.78 Å². The Balaban J connectivity index is 2.08. The van der Waals surface area contributed by atoms with E-state index in [0.717, 1.165) is 15.6 Å². The molecule has 4 heteroatoms. The van der Waals surface area contributed by atoms with Crippen molar-refractivity contribution in [3.05, 3.63) is 64.0 Å². The second-order valence-corrected chi connectivity index (χ2v) is 5.64. The number of carbonyl (C=O) groups is 1. The minimum absolute atomic E-state index is 0.0163. The van der Waals surface area contributed by atoms with Gasteiger partial charge >= 0.3 is 0 Å². The number of hydrogen-bond acceptors (Lipinski definition) is 3. The molecule has 0 aliphatic rings. The zero-order chi connectivity index (χ0) is 14.1. The molecule has 0 aliphatic heterocycles. The zero-order valence-electron chi connectivity index (χ0n) is 10.7. The highest BCUT2D eigenvalue weighted by Crippen LogP contribution is 2.30. The van der Waals surface area contributed by atoms with Gasteiger partial charge in [-0.2, -0.15) is 0 Å². The summed E-state index contributed by atoms with van der Waals surface area (Å²) in [6, 6.07) is 13.0. The molecule has 1 aromatic heterocycles. The van der Waals surface area contributed by atoms with Gasteiger partial charge in [-0.25, -0.2) is 0 Å². The van der Waals surface area contributed by atoms with Gasteiger partial charge in [0.1, 0.15) is 5.75 Å². The van der Waals surface area contributed by atoms with Crippen molar-refractivity contribution >= 4 is 38.8 Å². The molecule has 0 spiro atoms. The Morgan fingerprint density at radius 1 is 1.20 bits per heavy atom. The van der Waals surface area contributed by atoms with Crippen LogP contribution in [0.3, 0.4) is 0 Å². The maximum absolute atomic E-state index is 12.6. The highest BCUT2D eigenvalue weighted by atomic mass is 35.5. The molecule has 0 saturated carbocycles. The molecular formula is C16H11ClO2S. The average Bonchev–Trinajstić information content (AvgIpc) is 2.91. The van der Waals surface area contributed by atoms with Gasteiger partial charge in [0.2, 0.25) is 0 Å². The van der Waals surface area contributed by atoms with Crippen LogP contribution in [0.1, 0.15) is 15.9 Å². The Morgan fingerprint density at radius 2 is 2.00 bits per heavy atom. The SMILES string of the molecule is COc1cc(C(=O)c2csc3ccccc23)ccc1Cl. The van der Waals surface area contributed by atoms with E-state index in [4.69, 9.17) is 16.3 Å². The summed E-state index contributed by atoms with van der Waals surface area (Å²) in [6.07, 6.45) is 0. The summed E-state index contributed by atoms with van der Waals surface area (Å²) >= 11 is 7.56. The maximum Gasteiger partial charge on any atom is 0.194 e. The lowest BCUT2D eigenvalue weighted by molar-refractivity contribution is 0.104. The van der Waals surface area contributed by atoms with Crippen molar-refractivity contribution in [3.63, 3.8) is 0 Å². The first-order valence-corrected chi connectivity index (χ1v) is 7.31. The molecule has 0 N–H and O–H groups in total. The number of halogens is 1. The monoisotopic (exact) mass is 302 g/mol. The normalized spacial score (nSPS) is 10.7. The molecule has 0 saturated heterocycles. The van der Waals surface area contributed by atoms with Crippen LogP contribution in [0.2, 0.25) is 5.02 Å². The number of fused-ring (bicyclic) bond motifs is 1. The van der Waals surface area contributed by atoms with Crippen LogP contribution >= 0.6 is 22.9 Å². The van der Waals surface area contributed by atoms with E-state index in [1.54, 1.807) is 29.5 Å². The lowest BCUT2D eigenvalue weighted by atomic mass is 10.0. The van der Waals surface area contributed by atoms with Crippen molar-refractivity contribution in [2.45, 2.75) is 0 Å². The minimum atomic E-state index is -0.0163. The quantitative estimate of drug-likeness (QED) is 0.650. The van der Waals surface area contributed by atoms with Crippen LogP contribution < -0.4 is 4.74 Å². The van der Waals surface area contributed by atoms with Crippen molar-refractivity contribution < 1.29 is 9.53 Å². The van der Waals surface area contributed by atoms with E-state index in [1.807, 2.05) is 29.6 Å². The molecule has 0 radical (unpaired) electrons. The fraction of sp³-hybridized carbons (Fsp3) is 0.0625. The van der Waals surface area contributed by atoms with Crippen LogP contribution in [-0.2, 0) is 0 Å². The third-order valence-electron chi connectivity index (χ3n) is 3.14. The predicted molar refractivity (Wildman–Crippen MR) is 83.3 cm³/mol. The molecule has 2 nitrogen and oxygen atoms in total. The van der Waals surface area contributed by atoms with Gasteiger partial charge in [-0.15, -0.1) is 11.3 Å². The van der Waals surface area contributed by atoms with E-state index in [-0.39, 0.29) is 5.78 Å². The lowest BCUT2D eigenvalue weighted by Crippen LogP contribution is -2.00. The summed E-state index contributed by atoms with van der Waals surface area (Å²) in [5.41, 5.74) is 1.30. The smallest absolute Gasteiger partial charge is 0.194 e. The third-order valence-corrected chi connectivity index (χ3v) is 4.41. The molecule has 3 rings (SSSR count). The van der Waals surface area contributed by atoms with Gasteiger partial charge < -0.3 is 4.74 Å². The number of ketones is 1. The molecule has 20 heavy (non-hydrogen) atoms. The van der Waals surface area contributed by atoms with Crippen LogP contribution in [0.4, 0.5) is 0 Å². The van der Waals surface area contributed by atoms with Crippen molar-refractivity contribution in [1.82, 2.24) is 0 Å². The second kappa shape index (κ2) is 5.27. The van der Waals surface area contributed by atoms with Crippen molar-refractivity contribution in [2.75, 3.05) is 7.11 Å². The number of ether oxygens (including phenoxy) is 1. The van der Waals surface area contributed by atoms with E-state index < -0.39 is 0 Å². The first-order chi connectivity index (χ1) is 9.70. The Kier molecular flexibility index (Phi) is 3.47. The van der Waals surface area contributed by atoms with Crippen molar-refractivity contribution in [3.8, 4) is 5.75 Å². The molecule has 0 amide bonds. The Labute approximate surface area is 125 Å². The summed E-state index contributed by atoms with van der Waals surface area (Å²) in [7, 11) is 1.54. The van der Waals surface area contributed by atoms with E-state index in [0.29, 0.717) is 16.3 Å². The van der Waals surface area contributed by atoms with E-state index in [9.17, 15) is 4.79 Å². The predicted octanol–water partition coefficient (Wildman–Crippen LogP) is 4.79. The Hall–Kier alpha value is -1.84. The van der Waals surface area contributed by atoms with Gasteiger partial charge in [0, 0.05) is 26.6 Å². The second-order valence-electron chi connectivity index (χ2n) is 4.32. The summed E-state index contributed by atoms with van der Waals surface area (Å²) in [4.78, 5) is 12.6. The molecule has 3 aromatic rings. The number of rotatable bonds is 3. The number of hydrogen-bond donors (Lipinski definition) is 0. The van der Waals surface area contributed by atoms with Crippen LogP contribution in [0.25, 0.3) is 10.1 Å². The van der Waals surface area contributed by atoms with Crippen molar-refractivity contribution in [1.29, 1.82) is 0 Å². The van der Waals surface area contributed by atoms with Crippen molar-refractivity contribution in [2.24, 2.45) is 0 Å². The molecule has 1 heterocycles. The largest absolute Gasteiger partial charge is 0.495 e. The van der Waals surface area contributed by atoms with Gasteiger partial charge in [-0.05, 0) is 24.3 Å². The number of methoxy groups -OCH3 is 1. The van der Waals surface area contributed by atoms with Crippen LogP contribution in [0.15, 0.2) is 47.8 Å². The van der Waals surface area contributed by atoms with E-state index in [1.165, 1.54) is 7.11 Å². The van der Waals surface area contributed by atoms with Crippen LogP contribution in [-0.4, -0.2) is 12.9 Å². The number of carbonyl (C=O) groups excluding carboxylic acids is 1. The molecule has 100 valence electrons. The third kappa shape index (κ3) is 2.19. The zero-order valence-corrected chi connectivity index (χ0v) is 12.3. The first kappa shape index (κ1) is 13.2. The van der Waals surface area contributed by atoms with Gasteiger partial charge in [-0.1, -0.05) is 29.8 Å². The minimum Gasteiger partial charge on any atom is -0.495 e. The standard InChI is InChI=1S/C16H11ClO2S/c1-19-14-8-10(6-7-13(14)17)16(18)12-9-20-15-5-3-2-4-11(12)15/h2-9H,1H3. The topological polar surface area (TPSA) is 26.3 Å². The molecule has 0 unspecified atom stereocenters. The maximum atomic E-state index is 12.6. The Morgan fingerprint density at radius 3 is 2.80 bits per heavy atom. The summed E-state index contributed by atoms with van der Waals surface area (Å²) in [5.74, 6) is 0.495. The Bertz CT molecular complexity index is 792. The summed E-state index contributed by atoms with van der Waals surface area (Å²) in [5, 5.41) is 3.38. The summed E-state index contributed by atoms with van der Waals surface area (Å²) in [6.45, 7) is 0. The summed E-state index contributed by atoms with van der Waals surface area (Å²) < 4.78 is 6.27. The lowest BCUT2D eigenvalue weighted by Gasteiger charge is -2.05. The van der Waals surface area contributed by atoms with E-state index >= 15 is 0 Å². The van der Waals surface area contributed by atoms with Crippen LogP contribution in [0.5, 0.6) is 5.75 Å². The fourth-order valence-corrected chi connectivity index (χ4v) is 3.25. The molecule has 0 fully saturated rings. The molecule has 0 aliphatic carbocycles. The van der Waals surface area contributed by atoms with E-state index in [2.05, 4.69) is 0 Å². The van der Waals surface area contributed by atoms with Gasteiger partial charge in [0.25, 0.3) is 0 Å². The molecule has 2 aromatic carbocycles. The molecule has 0 atom stereocenters. The molecular weight excluding hydrogens is 292 g/mol. The highest BCUT2D eigenvalue weighted by Gasteiger charge is 2.15. The highest BCUT2D eigenvalue weighted by molar-refractivity contribution is 7.17. The average molecular weight is 303 g/mol. The number of benzene rings is 2.